The number of nitrogens with two attached hydrogens (primary N) is 1. The molecule has 0 saturated carbocycles. The van der Waals surface area contributed by atoms with Crippen LogP contribution in [-0.4, -0.2) is 4.98 Å². The van der Waals surface area contributed by atoms with E-state index in [1.165, 1.54) is 12.1 Å². The molecule has 2 rings (SSSR count). The molecule has 0 bridgehead atoms. The van der Waals surface area contributed by atoms with Gasteiger partial charge in [-0.05, 0) is 49.1 Å². The molecule has 1 heterocycles. The minimum Gasteiger partial charge on any atom is -0.271 e. The Morgan fingerprint density at radius 3 is 2.53 bits per heavy atom. The number of hydrogen-bond donors (Lipinski definition) is 2. The van der Waals surface area contributed by atoms with E-state index in [2.05, 4.69) is 16.5 Å². The Balaban J connectivity index is 2.22. The Labute approximate surface area is 112 Å². The van der Waals surface area contributed by atoms with E-state index < -0.39 is 0 Å². The molecule has 0 radical (unpaired) electrons. The summed E-state index contributed by atoms with van der Waals surface area (Å²) in [6, 6.07) is 8.45. The molecule has 1 aromatic heterocycles. The molecule has 0 fully saturated rings. The van der Waals surface area contributed by atoms with Crippen molar-refractivity contribution in [3.05, 3.63) is 64.7 Å². The highest BCUT2D eigenvalue weighted by Crippen LogP contribution is 2.20. The smallest absolute Gasteiger partial charge is 0.123 e. The lowest BCUT2D eigenvalue weighted by Crippen LogP contribution is -2.30. The van der Waals surface area contributed by atoms with Crippen molar-refractivity contribution in [2.45, 2.75) is 26.3 Å². The molecule has 2 aromatic rings. The lowest BCUT2D eigenvalue weighted by Gasteiger charge is -2.18. The summed E-state index contributed by atoms with van der Waals surface area (Å²) in [5.41, 5.74) is 6.96. The normalized spacial score (nSPS) is 12.4. The minimum atomic E-state index is -0.231. The summed E-state index contributed by atoms with van der Waals surface area (Å²) in [7, 11) is 0. The molecule has 3 nitrogen and oxygen atoms in total. The second-order valence-electron chi connectivity index (χ2n) is 4.76. The predicted octanol–water partition coefficient (Wildman–Crippen LogP) is 2.58. The molecule has 3 N–H and O–H groups in total. The number of hydrogen-bond acceptors (Lipinski definition) is 3. The van der Waals surface area contributed by atoms with Gasteiger partial charge < -0.3 is 0 Å². The number of nitrogens with one attached hydrogen (secondary N) is 1. The molecule has 4 heteroatoms. The summed E-state index contributed by atoms with van der Waals surface area (Å²) < 4.78 is 12.9. The molecule has 100 valence electrons. The molecule has 0 aliphatic carbocycles. The maximum Gasteiger partial charge on any atom is 0.123 e. The van der Waals surface area contributed by atoms with Crippen molar-refractivity contribution in [1.29, 1.82) is 0 Å². The maximum absolute atomic E-state index is 12.9. The van der Waals surface area contributed by atoms with Crippen molar-refractivity contribution in [1.82, 2.24) is 10.4 Å². The van der Waals surface area contributed by atoms with Gasteiger partial charge in [0.05, 0.1) is 11.7 Å². The quantitative estimate of drug-likeness (QED) is 0.655. The number of nitrogens with zero attached hydrogens (tertiary/aromatic N) is 1. The lowest BCUT2D eigenvalue weighted by atomic mass is 10.00. The van der Waals surface area contributed by atoms with Crippen LogP contribution in [-0.2, 0) is 6.42 Å². The summed E-state index contributed by atoms with van der Waals surface area (Å²) in [6.07, 6.45) is 2.50. The zero-order chi connectivity index (χ0) is 13.8. The second-order valence-corrected chi connectivity index (χ2v) is 4.76. The molecule has 1 atom stereocenters. The summed E-state index contributed by atoms with van der Waals surface area (Å²) >= 11 is 0. The molecule has 19 heavy (non-hydrogen) atoms. The van der Waals surface area contributed by atoms with Crippen molar-refractivity contribution in [2.24, 2.45) is 5.84 Å². The molecule has 0 amide bonds. The van der Waals surface area contributed by atoms with Crippen molar-refractivity contribution < 1.29 is 4.39 Å². The first kappa shape index (κ1) is 13.6. The van der Waals surface area contributed by atoms with E-state index in [-0.39, 0.29) is 11.9 Å². The van der Waals surface area contributed by atoms with Crippen LogP contribution in [0.2, 0.25) is 0 Å². The topological polar surface area (TPSA) is 50.9 Å². The van der Waals surface area contributed by atoms with Crippen molar-refractivity contribution in [3.63, 3.8) is 0 Å². The second kappa shape index (κ2) is 5.91. The minimum absolute atomic E-state index is 0.0777. The van der Waals surface area contributed by atoms with Gasteiger partial charge in [0.15, 0.2) is 0 Å². The fraction of sp³-hybridized carbons (Fsp3) is 0.267. The summed E-state index contributed by atoms with van der Waals surface area (Å²) in [5, 5.41) is 0. The average Bonchev–Trinajstić information content (AvgIpc) is 2.39. The van der Waals surface area contributed by atoms with Crippen LogP contribution in [0, 0.1) is 19.7 Å². The van der Waals surface area contributed by atoms with Gasteiger partial charge in [0.1, 0.15) is 5.82 Å². The molecule has 1 aromatic carbocycles. The third kappa shape index (κ3) is 3.36. The summed E-state index contributed by atoms with van der Waals surface area (Å²) in [6.45, 7) is 4.03. The van der Waals surface area contributed by atoms with Crippen molar-refractivity contribution >= 4 is 0 Å². The maximum atomic E-state index is 12.9. The Kier molecular flexibility index (Phi) is 4.24. The van der Waals surface area contributed by atoms with Crippen LogP contribution in [0.25, 0.3) is 0 Å². The standard InChI is InChI=1S/C15H18FN3/c1-10-7-11(2)15(18-9-10)14(19-17)8-12-3-5-13(16)6-4-12/h3-7,9,14,19H,8,17H2,1-2H3. The van der Waals surface area contributed by atoms with Crippen LogP contribution in [0.1, 0.15) is 28.4 Å². The first-order valence-corrected chi connectivity index (χ1v) is 6.24. The first-order valence-electron chi connectivity index (χ1n) is 6.24. The molecule has 0 spiro atoms. The number of aryl methyl sites for hydroxylation is 2. The number of rotatable bonds is 4. The monoisotopic (exact) mass is 259 g/mol. The zero-order valence-electron chi connectivity index (χ0n) is 11.2. The van der Waals surface area contributed by atoms with Gasteiger partial charge in [0.25, 0.3) is 0 Å². The number of pyridine rings is 1. The van der Waals surface area contributed by atoms with Gasteiger partial charge in [-0.3, -0.25) is 16.3 Å². The van der Waals surface area contributed by atoms with Gasteiger partial charge in [-0.1, -0.05) is 18.2 Å². The summed E-state index contributed by atoms with van der Waals surface area (Å²) in [5.74, 6) is 5.39. The molecular weight excluding hydrogens is 241 g/mol. The molecular formula is C15H18FN3. The third-order valence-corrected chi connectivity index (χ3v) is 3.14. The third-order valence-electron chi connectivity index (χ3n) is 3.14. The molecule has 0 saturated heterocycles. The van der Waals surface area contributed by atoms with Gasteiger partial charge in [0.2, 0.25) is 0 Å². The van der Waals surface area contributed by atoms with E-state index in [0.717, 1.165) is 22.4 Å². The van der Waals surface area contributed by atoms with Crippen LogP contribution >= 0.6 is 0 Å². The van der Waals surface area contributed by atoms with Gasteiger partial charge >= 0.3 is 0 Å². The predicted molar refractivity (Wildman–Crippen MR) is 73.9 cm³/mol. The number of aromatic nitrogens is 1. The Bertz CT molecular complexity index is 552. The zero-order valence-corrected chi connectivity index (χ0v) is 11.2. The SMILES string of the molecule is Cc1cnc(C(Cc2ccc(F)cc2)NN)c(C)c1. The largest absolute Gasteiger partial charge is 0.271 e. The highest BCUT2D eigenvalue weighted by atomic mass is 19.1. The fourth-order valence-electron chi connectivity index (χ4n) is 2.18. The van der Waals surface area contributed by atoms with E-state index in [1.54, 1.807) is 12.1 Å². The van der Waals surface area contributed by atoms with E-state index in [9.17, 15) is 4.39 Å². The number of benzene rings is 1. The van der Waals surface area contributed by atoms with E-state index in [1.807, 2.05) is 20.0 Å². The Morgan fingerprint density at radius 1 is 1.26 bits per heavy atom. The van der Waals surface area contributed by atoms with Gasteiger partial charge in [-0.15, -0.1) is 0 Å². The van der Waals surface area contributed by atoms with Crippen LogP contribution in [0.5, 0.6) is 0 Å². The van der Waals surface area contributed by atoms with Crippen molar-refractivity contribution in [2.75, 3.05) is 0 Å². The highest BCUT2D eigenvalue weighted by molar-refractivity contribution is 5.27. The first-order chi connectivity index (χ1) is 9.10. The molecule has 0 aliphatic rings. The average molecular weight is 259 g/mol. The van der Waals surface area contributed by atoms with Gasteiger partial charge in [0, 0.05) is 6.20 Å². The van der Waals surface area contributed by atoms with Crippen LogP contribution in [0.15, 0.2) is 36.5 Å². The number of hydrazine groups is 1. The van der Waals surface area contributed by atoms with E-state index in [4.69, 9.17) is 5.84 Å². The Morgan fingerprint density at radius 2 is 1.95 bits per heavy atom. The lowest BCUT2D eigenvalue weighted by molar-refractivity contribution is 0.534. The van der Waals surface area contributed by atoms with Crippen LogP contribution in [0.4, 0.5) is 4.39 Å². The Hall–Kier alpha value is -1.78. The highest BCUT2D eigenvalue weighted by Gasteiger charge is 2.14. The summed E-state index contributed by atoms with van der Waals surface area (Å²) in [4.78, 5) is 4.45. The van der Waals surface area contributed by atoms with Crippen molar-refractivity contribution in [3.8, 4) is 0 Å². The van der Waals surface area contributed by atoms with Gasteiger partial charge in [-0.25, -0.2) is 4.39 Å². The fourth-order valence-corrected chi connectivity index (χ4v) is 2.18. The van der Waals surface area contributed by atoms with E-state index >= 15 is 0 Å². The van der Waals surface area contributed by atoms with Crippen LogP contribution in [0.3, 0.4) is 0 Å². The van der Waals surface area contributed by atoms with Crippen LogP contribution < -0.4 is 11.3 Å². The van der Waals surface area contributed by atoms with Gasteiger partial charge in [-0.2, -0.15) is 0 Å². The van der Waals surface area contributed by atoms with E-state index in [0.29, 0.717) is 6.42 Å². The molecule has 1 unspecified atom stereocenters. The number of halogens is 1. The molecule has 0 aliphatic heterocycles.